The van der Waals surface area contributed by atoms with Crippen molar-refractivity contribution in [3.05, 3.63) is 74.8 Å². The fourth-order valence-corrected chi connectivity index (χ4v) is 2.86. The van der Waals surface area contributed by atoms with Crippen molar-refractivity contribution < 1.29 is 9.18 Å². The Bertz CT molecular complexity index is 1030. The highest BCUT2D eigenvalue weighted by atomic mass is 35.5. The van der Waals surface area contributed by atoms with E-state index in [1.54, 1.807) is 32.2 Å². The maximum absolute atomic E-state index is 13.9. The molecular formula is C18H14ClFN2O2. The molecule has 24 heavy (non-hydrogen) atoms. The average Bonchev–Trinajstić information content (AvgIpc) is 2.53. The lowest BCUT2D eigenvalue weighted by atomic mass is 10.1. The normalized spacial score (nSPS) is 10.8. The second kappa shape index (κ2) is 6.09. The van der Waals surface area contributed by atoms with Crippen LogP contribution in [0.3, 0.4) is 0 Å². The highest BCUT2D eigenvalue weighted by molar-refractivity contribution is 6.30. The van der Waals surface area contributed by atoms with E-state index in [0.717, 1.165) is 5.56 Å². The molecule has 0 aliphatic carbocycles. The largest absolute Gasteiger partial charge is 0.347 e. The van der Waals surface area contributed by atoms with E-state index in [9.17, 15) is 14.0 Å². The Labute approximate surface area is 142 Å². The van der Waals surface area contributed by atoms with E-state index in [1.165, 1.54) is 29.0 Å². The van der Waals surface area contributed by atoms with Gasteiger partial charge in [-0.05, 0) is 42.8 Å². The Hall–Kier alpha value is -2.66. The first-order valence-corrected chi connectivity index (χ1v) is 7.61. The standard InChI is InChI=1S/C18H14ClFN2O2/c1-10-8-11(19)6-7-15(10)21-18(24)13-9-22(2)16-12(17(13)23)4-3-5-14(16)20/h3-9H,1-2H3,(H,21,24). The molecule has 0 fully saturated rings. The SMILES string of the molecule is Cc1cc(Cl)ccc1NC(=O)c1cn(C)c2c(F)cccc2c1=O. The number of pyridine rings is 1. The molecule has 0 aliphatic rings. The Morgan fingerprint density at radius 3 is 2.71 bits per heavy atom. The van der Waals surface area contributed by atoms with Crippen molar-refractivity contribution in [3.63, 3.8) is 0 Å². The average molecular weight is 345 g/mol. The van der Waals surface area contributed by atoms with Crippen LogP contribution in [0.15, 0.2) is 47.4 Å². The summed E-state index contributed by atoms with van der Waals surface area (Å²) in [7, 11) is 1.59. The maximum atomic E-state index is 13.9. The first kappa shape index (κ1) is 16.2. The van der Waals surface area contributed by atoms with Crippen LogP contribution in [0.1, 0.15) is 15.9 Å². The van der Waals surface area contributed by atoms with Gasteiger partial charge in [-0.15, -0.1) is 0 Å². The first-order valence-electron chi connectivity index (χ1n) is 7.24. The van der Waals surface area contributed by atoms with Gasteiger partial charge in [-0.25, -0.2) is 4.39 Å². The first-order chi connectivity index (χ1) is 11.4. The Balaban J connectivity index is 2.08. The molecule has 0 spiro atoms. The molecular weight excluding hydrogens is 331 g/mol. The van der Waals surface area contributed by atoms with Gasteiger partial charge in [0.25, 0.3) is 5.91 Å². The monoisotopic (exact) mass is 344 g/mol. The quantitative estimate of drug-likeness (QED) is 0.766. The minimum absolute atomic E-state index is 0.0510. The van der Waals surface area contributed by atoms with Gasteiger partial charge in [0.05, 0.1) is 5.52 Å². The molecule has 6 heteroatoms. The molecule has 122 valence electrons. The lowest BCUT2D eigenvalue weighted by molar-refractivity contribution is 0.102. The summed E-state index contributed by atoms with van der Waals surface area (Å²) in [6, 6.07) is 9.26. The number of nitrogens with zero attached hydrogens (tertiary/aromatic N) is 1. The van der Waals surface area contributed by atoms with Crippen molar-refractivity contribution in [2.45, 2.75) is 6.92 Å². The summed E-state index contributed by atoms with van der Waals surface area (Å²) >= 11 is 5.90. The van der Waals surface area contributed by atoms with E-state index in [4.69, 9.17) is 11.6 Å². The number of hydrogen-bond donors (Lipinski definition) is 1. The lowest BCUT2D eigenvalue weighted by Crippen LogP contribution is -2.24. The molecule has 4 nitrogen and oxygen atoms in total. The van der Waals surface area contributed by atoms with Crippen LogP contribution in [0.5, 0.6) is 0 Å². The molecule has 0 saturated carbocycles. The van der Waals surface area contributed by atoms with Gasteiger partial charge < -0.3 is 9.88 Å². The van der Waals surface area contributed by atoms with Crippen molar-refractivity contribution >= 4 is 34.1 Å². The summed E-state index contributed by atoms with van der Waals surface area (Å²) in [6.07, 6.45) is 1.34. The molecule has 0 saturated heterocycles. The molecule has 3 rings (SSSR count). The van der Waals surface area contributed by atoms with Gasteiger partial charge in [0, 0.05) is 29.3 Å². The fraction of sp³-hybridized carbons (Fsp3) is 0.111. The number of para-hydroxylation sites is 1. The van der Waals surface area contributed by atoms with Gasteiger partial charge >= 0.3 is 0 Å². The smallest absolute Gasteiger partial charge is 0.261 e. The van der Waals surface area contributed by atoms with Crippen LogP contribution in [-0.4, -0.2) is 10.5 Å². The number of fused-ring (bicyclic) bond motifs is 1. The molecule has 0 atom stereocenters. The molecule has 1 N–H and O–H groups in total. The van der Waals surface area contributed by atoms with E-state index in [0.29, 0.717) is 10.7 Å². The number of amides is 1. The third kappa shape index (κ3) is 2.78. The summed E-state index contributed by atoms with van der Waals surface area (Å²) in [5.74, 6) is -1.06. The van der Waals surface area contributed by atoms with Crippen LogP contribution in [0, 0.1) is 12.7 Å². The van der Waals surface area contributed by atoms with Gasteiger partial charge in [-0.3, -0.25) is 9.59 Å². The molecule has 1 aromatic heterocycles. The summed E-state index contributed by atoms with van der Waals surface area (Å²) in [6.45, 7) is 1.80. The third-order valence-corrected chi connectivity index (χ3v) is 4.07. The minimum Gasteiger partial charge on any atom is -0.347 e. The lowest BCUT2D eigenvalue weighted by Gasteiger charge is -2.11. The Morgan fingerprint density at radius 1 is 1.25 bits per heavy atom. The number of aryl methyl sites for hydroxylation is 2. The van der Waals surface area contributed by atoms with Crippen LogP contribution >= 0.6 is 11.6 Å². The van der Waals surface area contributed by atoms with Gasteiger partial charge in [-0.1, -0.05) is 17.7 Å². The number of benzene rings is 2. The van der Waals surface area contributed by atoms with Crippen LogP contribution in [0.4, 0.5) is 10.1 Å². The molecule has 0 aliphatic heterocycles. The molecule has 1 heterocycles. The molecule has 1 amide bonds. The molecule has 3 aromatic rings. The van der Waals surface area contributed by atoms with Crippen molar-refractivity contribution in [1.29, 1.82) is 0 Å². The van der Waals surface area contributed by atoms with Crippen LogP contribution < -0.4 is 10.7 Å². The number of carbonyl (C=O) groups is 1. The molecule has 0 unspecified atom stereocenters. The number of anilines is 1. The number of aromatic nitrogens is 1. The van der Waals surface area contributed by atoms with Crippen molar-refractivity contribution in [1.82, 2.24) is 4.57 Å². The van der Waals surface area contributed by atoms with Gasteiger partial charge in [-0.2, -0.15) is 0 Å². The number of halogens is 2. The van der Waals surface area contributed by atoms with Gasteiger partial charge in [0.15, 0.2) is 0 Å². The van der Waals surface area contributed by atoms with Crippen molar-refractivity contribution in [2.24, 2.45) is 7.05 Å². The minimum atomic E-state index is -0.549. The van der Waals surface area contributed by atoms with Crippen LogP contribution in [0.2, 0.25) is 5.02 Å². The van der Waals surface area contributed by atoms with Crippen LogP contribution in [0.25, 0.3) is 10.9 Å². The zero-order chi connectivity index (χ0) is 17.4. The highest BCUT2D eigenvalue weighted by Gasteiger charge is 2.17. The Kier molecular flexibility index (Phi) is 4.11. The number of rotatable bonds is 2. The molecule has 0 bridgehead atoms. The summed E-state index contributed by atoms with van der Waals surface area (Å²) < 4.78 is 15.4. The van der Waals surface area contributed by atoms with E-state index in [2.05, 4.69) is 5.32 Å². The second-order valence-corrected chi connectivity index (χ2v) is 5.97. The topological polar surface area (TPSA) is 51.1 Å². The van der Waals surface area contributed by atoms with Crippen LogP contribution in [-0.2, 0) is 7.05 Å². The molecule has 2 aromatic carbocycles. The van der Waals surface area contributed by atoms with Crippen molar-refractivity contribution in [2.75, 3.05) is 5.32 Å². The predicted octanol–water partition coefficient (Wildman–Crippen LogP) is 3.89. The van der Waals surface area contributed by atoms with E-state index in [1.807, 2.05) is 0 Å². The van der Waals surface area contributed by atoms with E-state index in [-0.39, 0.29) is 16.5 Å². The summed E-state index contributed by atoms with van der Waals surface area (Å²) in [5, 5.41) is 3.42. The molecule has 0 radical (unpaired) electrons. The summed E-state index contributed by atoms with van der Waals surface area (Å²) in [5.41, 5.74) is 0.948. The van der Waals surface area contributed by atoms with E-state index >= 15 is 0 Å². The maximum Gasteiger partial charge on any atom is 0.261 e. The zero-order valence-electron chi connectivity index (χ0n) is 13.1. The highest BCUT2D eigenvalue weighted by Crippen LogP contribution is 2.20. The van der Waals surface area contributed by atoms with E-state index < -0.39 is 17.2 Å². The number of nitrogens with one attached hydrogen (secondary N) is 1. The number of hydrogen-bond acceptors (Lipinski definition) is 2. The van der Waals surface area contributed by atoms with Crippen molar-refractivity contribution in [3.8, 4) is 0 Å². The predicted molar refractivity (Wildman–Crippen MR) is 93.3 cm³/mol. The Morgan fingerprint density at radius 2 is 2.00 bits per heavy atom. The second-order valence-electron chi connectivity index (χ2n) is 5.53. The van der Waals surface area contributed by atoms with Gasteiger partial charge in [0.2, 0.25) is 5.43 Å². The zero-order valence-corrected chi connectivity index (χ0v) is 13.8. The summed E-state index contributed by atoms with van der Waals surface area (Å²) in [4.78, 5) is 25.0. The van der Waals surface area contributed by atoms with Gasteiger partial charge in [0.1, 0.15) is 11.4 Å². The third-order valence-electron chi connectivity index (χ3n) is 3.83. The fourth-order valence-electron chi connectivity index (χ4n) is 2.64. The number of carbonyl (C=O) groups excluding carboxylic acids is 1.